The first-order valence-corrected chi connectivity index (χ1v) is 6.68. The van der Waals surface area contributed by atoms with Gasteiger partial charge >= 0.3 is 0 Å². The molecule has 2 fully saturated rings. The molecule has 94 valence electrons. The topological polar surface area (TPSA) is 28.4 Å². The van der Waals surface area contributed by atoms with Gasteiger partial charge in [0.15, 0.2) is 0 Å². The molecule has 0 bridgehead atoms. The molecule has 0 radical (unpaired) electrons. The van der Waals surface area contributed by atoms with Gasteiger partial charge in [-0.05, 0) is 44.7 Å². The molecule has 17 heavy (non-hydrogen) atoms. The predicted molar refractivity (Wildman–Crippen MR) is 67.9 cm³/mol. The monoisotopic (exact) mass is 234 g/mol. The van der Waals surface area contributed by atoms with Gasteiger partial charge in [-0.15, -0.1) is 0 Å². The Labute approximate surface area is 103 Å². The van der Waals surface area contributed by atoms with Crippen LogP contribution in [0.4, 0.5) is 0 Å². The van der Waals surface area contributed by atoms with E-state index in [1.54, 1.807) is 0 Å². The van der Waals surface area contributed by atoms with Crippen molar-refractivity contribution in [2.24, 2.45) is 5.92 Å². The van der Waals surface area contributed by atoms with Gasteiger partial charge in [-0.3, -0.25) is 4.90 Å². The Morgan fingerprint density at radius 3 is 2.94 bits per heavy atom. The average Bonchev–Trinajstić information content (AvgIpc) is 3.05. The van der Waals surface area contributed by atoms with Crippen molar-refractivity contribution in [3.05, 3.63) is 23.7 Å². The highest BCUT2D eigenvalue weighted by Gasteiger charge is 2.43. The third-order valence-corrected chi connectivity index (χ3v) is 4.16. The Kier molecular flexibility index (Phi) is 2.75. The molecule has 1 unspecified atom stereocenters. The van der Waals surface area contributed by atoms with E-state index in [2.05, 4.69) is 29.3 Å². The van der Waals surface area contributed by atoms with Crippen molar-refractivity contribution >= 4 is 0 Å². The maximum Gasteiger partial charge on any atom is 0.118 e. The molecule has 1 saturated carbocycles. The molecule has 3 heteroatoms. The molecule has 1 aromatic heterocycles. The van der Waals surface area contributed by atoms with Crippen molar-refractivity contribution in [3.63, 3.8) is 0 Å². The molecular weight excluding hydrogens is 212 g/mol. The molecule has 1 N–H and O–H groups in total. The first-order valence-electron chi connectivity index (χ1n) is 6.68. The van der Waals surface area contributed by atoms with Crippen LogP contribution in [0.25, 0.3) is 0 Å². The summed E-state index contributed by atoms with van der Waals surface area (Å²) in [5, 5.41) is 3.71. The highest BCUT2D eigenvalue weighted by atomic mass is 16.3. The van der Waals surface area contributed by atoms with E-state index in [0.29, 0.717) is 5.54 Å². The smallest absolute Gasteiger partial charge is 0.118 e. The third-order valence-electron chi connectivity index (χ3n) is 4.16. The summed E-state index contributed by atoms with van der Waals surface area (Å²) in [5.41, 5.74) is 0.333. The van der Waals surface area contributed by atoms with Crippen LogP contribution in [0.5, 0.6) is 0 Å². The number of hydrogen-bond acceptors (Lipinski definition) is 3. The van der Waals surface area contributed by atoms with E-state index in [4.69, 9.17) is 4.42 Å². The molecular formula is C14H22N2O. The predicted octanol–water partition coefficient (Wildman–Crippen LogP) is 2.16. The standard InChI is InChI=1S/C14H22N2O/c1-11-3-6-13(17-11)9-16-8-7-15-14(2,10-16)12-4-5-12/h3,6,12,15H,4-5,7-10H2,1-2H3. The van der Waals surface area contributed by atoms with Crippen LogP contribution in [0.2, 0.25) is 0 Å². The molecule has 0 spiro atoms. The average molecular weight is 234 g/mol. The summed E-state index contributed by atoms with van der Waals surface area (Å²) in [6, 6.07) is 4.16. The van der Waals surface area contributed by atoms with Crippen LogP contribution in [0.3, 0.4) is 0 Å². The second kappa shape index (κ2) is 4.14. The van der Waals surface area contributed by atoms with Crippen molar-refractivity contribution in [2.45, 2.75) is 38.8 Å². The lowest BCUT2D eigenvalue weighted by molar-refractivity contribution is 0.114. The van der Waals surface area contributed by atoms with Crippen LogP contribution < -0.4 is 5.32 Å². The van der Waals surface area contributed by atoms with Gasteiger partial charge in [-0.1, -0.05) is 0 Å². The fourth-order valence-electron chi connectivity index (χ4n) is 3.02. The summed E-state index contributed by atoms with van der Waals surface area (Å²) in [6.45, 7) is 8.73. The first kappa shape index (κ1) is 11.3. The maximum absolute atomic E-state index is 5.67. The lowest BCUT2D eigenvalue weighted by Crippen LogP contribution is -2.59. The molecule has 2 aliphatic rings. The second-order valence-electron chi connectivity index (χ2n) is 5.84. The van der Waals surface area contributed by atoms with E-state index in [1.807, 2.05) is 6.92 Å². The highest BCUT2D eigenvalue weighted by molar-refractivity contribution is 5.07. The van der Waals surface area contributed by atoms with E-state index in [0.717, 1.165) is 43.6 Å². The molecule has 1 aliphatic heterocycles. The molecule has 3 rings (SSSR count). The minimum Gasteiger partial charge on any atom is -0.465 e. The van der Waals surface area contributed by atoms with Gasteiger partial charge < -0.3 is 9.73 Å². The fourth-order valence-corrected chi connectivity index (χ4v) is 3.02. The van der Waals surface area contributed by atoms with Crippen molar-refractivity contribution in [1.82, 2.24) is 10.2 Å². The van der Waals surface area contributed by atoms with Crippen molar-refractivity contribution in [3.8, 4) is 0 Å². The Morgan fingerprint density at radius 1 is 1.47 bits per heavy atom. The number of hydrogen-bond donors (Lipinski definition) is 1. The fraction of sp³-hybridized carbons (Fsp3) is 0.714. The largest absolute Gasteiger partial charge is 0.465 e. The van der Waals surface area contributed by atoms with Gasteiger partial charge in [0.25, 0.3) is 0 Å². The van der Waals surface area contributed by atoms with Crippen molar-refractivity contribution in [2.75, 3.05) is 19.6 Å². The number of piperazine rings is 1. The Morgan fingerprint density at radius 2 is 2.29 bits per heavy atom. The van der Waals surface area contributed by atoms with Gasteiger partial charge in [0.1, 0.15) is 11.5 Å². The Hall–Kier alpha value is -0.800. The van der Waals surface area contributed by atoms with E-state index in [1.165, 1.54) is 12.8 Å². The van der Waals surface area contributed by atoms with Gasteiger partial charge in [-0.2, -0.15) is 0 Å². The molecule has 3 nitrogen and oxygen atoms in total. The van der Waals surface area contributed by atoms with E-state index >= 15 is 0 Å². The van der Waals surface area contributed by atoms with Gasteiger partial charge in [0.05, 0.1) is 6.54 Å². The first-order chi connectivity index (χ1) is 8.16. The van der Waals surface area contributed by atoms with Gasteiger partial charge in [-0.25, -0.2) is 0 Å². The summed E-state index contributed by atoms with van der Waals surface area (Å²) < 4.78 is 5.67. The molecule has 1 aromatic rings. The molecule has 1 saturated heterocycles. The van der Waals surface area contributed by atoms with E-state index < -0.39 is 0 Å². The zero-order valence-electron chi connectivity index (χ0n) is 10.8. The van der Waals surface area contributed by atoms with Crippen LogP contribution in [-0.2, 0) is 6.54 Å². The molecule has 0 amide bonds. The van der Waals surface area contributed by atoms with Gasteiger partial charge in [0.2, 0.25) is 0 Å². The minimum absolute atomic E-state index is 0.333. The summed E-state index contributed by atoms with van der Waals surface area (Å²) in [4.78, 5) is 2.52. The minimum atomic E-state index is 0.333. The Balaban J connectivity index is 1.63. The summed E-state index contributed by atoms with van der Waals surface area (Å²) >= 11 is 0. The Bertz CT molecular complexity index is 397. The normalized spacial score (nSPS) is 30.7. The summed E-state index contributed by atoms with van der Waals surface area (Å²) in [5.74, 6) is 3.01. The number of rotatable bonds is 3. The quantitative estimate of drug-likeness (QED) is 0.868. The molecule has 2 heterocycles. The zero-order chi connectivity index (χ0) is 11.9. The molecule has 1 atom stereocenters. The lowest BCUT2D eigenvalue weighted by atomic mass is 9.93. The molecule has 0 aromatic carbocycles. The number of aryl methyl sites for hydroxylation is 1. The number of furan rings is 1. The highest BCUT2D eigenvalue weighted by Crippen LogP contribution is 2.40. The van der Waals surface area contributed by atoms with Crippen LogP contribution in [0, 0.1) is 12.8 Å². The summed E-state index contributed by atoms with van der Waals surface area (Å²) in [6.07, 6.45) is 2.80. The SMILES string of the molecule is Cc1ccc(CN2CCNC(C)(C3CC3)C2)o1. The summed E-state index contributed by atoms with van der Waals surface area (Å²) in [7, 11) is 0. The van der Waals surface area contributed by atoms with Crippen LogP contribution >= 0.6 is 0 Å². The third kappa shape index (κ3) is 2.40. The van der Waals surface area contributed by atoms with Crippen LogP contribution in [0.15, 0.2) is 16.5 Å². The number of nitrogens with zero attached hydrogens (tertiary/aromatic N) is 1. The van der Waals surface area contributed by atoms with E-state index in [9.17, 15) is 0 Å². The second-order valence-corrected chi connectivity index (χ2v) is 5.84. The van der Waals surface area contributed by atoms with Crippen molar-refractivity contribution < 1.29 is 4.42 Å². The van der Waals surface area contributed by atoms with E-state index in [-0.39, 0.29) is 0 Å². The zero-order valence-corrected chi connectivity index (χ0v) is 10.8. The van der Waals surface area contributed by atoms with Crippen LogP contribution in [-0.4, -0.2) is 30.1 Å². The van der Waals surface area contributed by atoms with Crippen molar-refractivity contribution in [1.29, 1.82) is 0 Å². The van der Waals surface area contributed by atoms with Gasteiger partial charge in [0, 0.05) is 25.2 Å². The number of nitrogens with one attached hydrogen (secondary N) is 1. The lowest BCUT2D eigenvalue weighted by Gasteiger charge is -2.41. The maximum atomic E-state index is 5.67. The molecule has 1 aliphatic carbocycles. The van der Waals surface area contributed by atoms with Crippen LogP contribution in [0.1, 0.15) is 31.3 Å².